The second-order valence-corrected chi connectivity index (χ2v) is 8.98. The van der Waals surface area contributed by atoms with Gasteiger partial charge in [-0.05, 0) is 19.3 Å². The Morgan fingerprint density at radius 3 is 2.30 bits per heavy atom. The smallest absolute Gasteiger partial charge is 0.324 e. The van der Waals surface area contributed by atoms with E-state index in [0.717, 1.165) is 37.9 Å². The first-order valence-corrected chi connectivity index (χ1v) is 10.5. The van der Waals surface area contributed by atoms with Gasteiger partial charge in [0.2, 0.25) is 0 Å². The molecule has 0 amide bonds. The average Bonchev–Trinajstić information content (AvgIpc) is 2.45. The predicted molar refractivity (Wildman–Crippen MR) is 90.7 cm³/mol. The highest BCUT2D eigenvalue weighted by Crippen LogP contribution is 2.25. The third-order valence-corrected chi connectivity index (χ3v) is 6.83. The topological polar surface area (TPSA) is 35.5 Å². The molecule has 0 fully saturated rings. The first kappa shape index (κ1) is 20.2. The molecule has 1 unspecified atom stereocenters. The van der Waals surface area contributed by atoms with Crippen molar-refractivity contribution >= 4 is 26.2 Å². The van der Waals surface area contributed by atoms with Gasteiger partial charge in [0.05, 0.1) is 0 Å². The van der Waals surface area contributed by atoms with Crippen LogP contribution in [-0.4, -0.2) is 34.4 Å². The van der Waals surface area contributed by atoms with Gasteiger partial charge in [-0.25, -0.2) is 0 Å². The van der Waals surface area contributed by atoms with Crippen LogP contribution in [0.25, 0.3) is 0 Å². The maximum absolute atomic E-state index is 11.8. The molecule has 0 aliphatic carbocycles. The number of carbonyl (C=O) groups is 1. The minimum absolute atomic E-state index is 0.351. The second kappa shape index (κ2) is 14.1. The number of hydrogen-bond donors (Lipinski definition) is 0. The van der Waals surface area contributed by atoms with Crippen LogP contribution in [0.5, 0.6) is 0 Å². The zero-order valence-corrected chi connectivity index (χ0v) is 15.6. The van der Waals surface area contributed by atoms with Crippen molar-refractivity contribution in [3.63, 3.8) is 0 Å². The van der Waals surface area contributed by atoms with E-state index in [0.29, 0.717) is 10.7 Å². The third kappa shape index (κ3) is 9.97. The van der Waals surface area contributed by atoms with Crippen LogP contribution in [0, 0.1) is 0 Å². The Labute approximate surface area is 131 Å². The highest BCUT2D eigenvalue weighted by Gasteiger charge is 2.23. The molecule has 0 bridgehead atoms. The van der Waals surface area contributed by atoms with Gasteiger partial charge in [-0.1, -0.05) is 51.3 Å². The normalized spacial score (nSPS) is 12.8. The lowest BCUT2D eigenvalue weighted by molar-refractivity contribution is -0.111. The fourth-order valence-corrected chi connectivity index (χ4v) is 5.55. The Morgan fingerprint density at radius 2 is 1.75 bits per heavy atom. The van der Waals surface area contributed by atoms with Gasteiger partial charge in [-0.3, -0.25) is 4.79 Å². The minimum Gasteiger partial charge on any atom is -0.400 e. The molecule has 3 nitrogen and oxygen atoms in total. The summed E-state index contributed by atoms with van der Waals surface area (Å²) in [5, 5.41) is 0.351. The number of thioether (sulfide) groups is 1. The molecule has 0 N–H and O–H groups in total. The van der Waals surface area contributed by atoms with E-state index in [2.05, 4.69) is 13.8 Å². The van der Waals surface area contributed by atoms with Gasteiger partial charge in [0, 0.05) is 31.9 Å². The largest absolute Gasteiger partial charge is 0.400 e. The summed E-state index contributed by atoms with van der Waals surface area (Å²) in [4.78, 5) is 11.8. The number of carbonyl (C=O) groups excluding carboxylic acids is 1. The molecular formula is C15H32O3SSi. The molecule has 0 saturated carbocycles. The highest BCUT2D eigenvalue weighted by molar-refractivity contribution is 8.13. The van der Waals surface area contributed by atoms with Crippen LogP contribution in [0.4, 0.5) is 0 Å². The Bertz CT molecular complexity index is 235. The van der Waals surface area contributed by atoms with Crippen LogP contribution in [0.15, 0.2) is 0 Å². The number of hydrogen-bond acceptors (Lipinski definition) is 4. The Morgan fingerprint density at radius 1 is 1.05 bits per heavy atom. The van der Waals surface area contributed by atoms with Crippen LogP contribution in [-0.2, 0) is 13.6 Å². The molecule has 5 heteroatoms. The lowest BCUT2D eigenvalue weighted by Gasteiger charge is -2.21. The first-order valence-electron chi connectivity index (χ1n) is 7.90. The van der Waals surface area contributed by atoms with Crippen molar-refractivity contribution in [3.8, 4) is 0 Å². The number of unbranched alkanes of at least 4 members (excludes halogenated alkanes) is 3. The molecule has 0 heterocycles. The van der Waals surface area contributed by atoms with Gasteiger partial charge in [-0.15, -0.1) is 0 Å². The summed E-state index contributed by atoms with van der Waals surface area (Å²) >= 11 is 1.50. The fraction of sp³-hybridized carbons (Fsp3) is 0.933. The van der Waals surface area contributed by atoms with Crippen LogP contribution in [0.2, 0.25) is 5.54 Å². The van der Waals surface area contributed by atoms with Crippen molar-refractivity contribution in [2.75, 3.05) is 20.0 Å². The fourth-order valence-electron chi connectivity index (χ4n) is 2.36. The molecule has 0 saturated heterocycles. The zero-order valence-electron chi connectivity index (χ0n) is 13.7. The van der Waals surface area contributed by atoms with E-state index in [4.69, 9.17) is 8.85 Å². The average molecular weight is 321 g/mol. The van der Waals surface area contributed by atoms with Crippen molar-refractivity contribution in [1.29, 1.82) is 0 Å². The van der Waals surface area contributed by atoms with Gasteiger partial charge < -0.3 is 8.85 Å². The monoisotopic (exact) mass is 320 g/mol. The maximum atomic E-state index is 11.8. The molecule has 0 aromatic heterocycles. The quantitative estimate of drug-likeness (QED) is 0.374. The van der Waals surface area contributed by atoms with Crippen molar-refractivity contribution < 1.29 is 13.6 Å². The van der Waals surface area contributed by atoms with Crippen molar-refractivity contribution in [1.82, 2.24) is 0 Å². The Balaban J connectivity index is 3.83. The van der Waals surface area contributed by atoms with Gasteiger partial charge in [0.25, 0.3) is 0 Å². The maximum Gasteiger partial charge on any atom is 0.324 e. The minimum atomic E-state index is -1.54. The Hall–Kier alpha value is 0.157. The number of rotatable bonds is 13. The molecule has 0 spiro atoms. The zero-order chi connectivity index (χ0) is 15.2. The lowest BCUT2D eigenvalue weighted by Crippen LogP contribution is -2.26. The van der Waals surface area contributed by atoms with Crippen LogP contribution < -0.4 is 0 Å². The third-order valence-electron chi connectivity index (χ3n) is 3.50. The molecule has 0 aliphatic heterocycles. The summed E-state index contributed by atoms with van der Waals surface area (Å²) in [7, 11) is 1.95. The summed E-state index contributed by atoms with van der Waals surface area (Å²) in [5.41, 5.74) is 0.524. The van der Waals surface area contributed by atoms with Gasteiger partial charge in [0.15, 0.2) is 5.12 Å². The van der Waals surface area contributed by atoms with Gasteiger partial charge in [-0.2, -0.15) is 0 Å². The van der Waals surface area contributed by atoms with Crippen LogP contribution in [0.1, 0.15) is 65.2 Å². The second-order valence-electron chi connectivity index (χ2n) is 5.21. The molecule has 1 atom stereocenters. The van der Waals surface area contributed by atoms with E-state index in [1.54, 1.807) is 14.2 Å². The molecule has 0 aliphatic rings. The lowest BCUT2D eigenvalue weighted by atomic mass is 10.2. The standard InChI is InChI=1S/C15H32O3SSi/c1-5-7-8-9-11-15(16)19-13-12-14(10-6-2)20(17-3)18-4/h14,20H,5-13H2,1-4H3. The Kier molecular flexibility index (Phi) is 14.2. The molecule has 0 aromatic carbocycles. The van der Waals surface area contributed by atoms with Crippen LogP contribution >= 0.6 is 11.8 Å². The summed E-state index contributed by atoms with van der Waals surface area (Å²) in [6.45, 7) is 4.38. The summed E-state index contributed by atoms with van der Waals surface area (Å²) < 4.78 is 11.0. The predicted octanol–water partition coefficient (Wildman–Crippen LogP) is 4.29. The van der Waals surface area contributed by atoms with Crippen molar-refractivity contribution in [3.05, 3.63) is 0 Å². The van der Waals surface area contributed by atoms with Crippen molar-refractivity contribution in [2.24, 2.45) is 0 Å². The van der Waals surface area contributed by atoms with Crippen LogP contribution in [0.3, 0.4) is 0 Å². The van der Waals surface area contributed by atoms with E-state index in [9.17, 15) is 4.79 Å². The van der Waals surface area contributed by atoms with E-state index in [-0.39, 0.29) is 0 Å². The SMILES string of the molecule is CCCCCCC(=O)SCCC(CCC)[SiH](OC)OC. The van der Waals surface area contributed by atoms with E-state index < -0.39 is 9.28 Å². The molecule has 0 aromatic rings. The molecular weight excluding hydrogens is 288 g/mol. The van der Waals surface area contributed by atoms with Crippen molar-refractivity contribution in [2.45, 2.75) is 70.8 Å². The summed E-state index contributed by atoms with van der Waals surface area (Å²) in [6.07, 6.45) is 8.76. The molecule has 120 valence electrons. The van der Waals surface area contributed by atoms with E-state index in [1.807, 2.05) is 0 Å². The summed E-state index contributed by atoms with van der Waals surface area (Å²) in [5.74, 6) is 0.910. The summed E-state index contributed by atoms with van der Waals surface area (Å²) in [6, 6.07) is 0. The van der Waals surface area contributed by atoms with E-state index in [1.165, 1.54) is 31.0 Å². The van der Waals surface area contributed by atoms with E-state index >= 15 is 0 Å². The molecule has 0 rings (SSSR count). The first-order chi connectivity index (χ1) is 9.69. The van der Waals surface area contributed by atoms with Gasteiger partial charge in [0.1, 0.15) is 0 Å². The van der Waals surface area contributed by atoms with Gasteiger partial charge >= 0.3 is 9.28 Å². The molecule has 0 radical (unpaired) electrons. The highest BCUT2D eigenvalue weighted by atomic mass is 32.2. The molecule has 20 heavy (non-hydrogen) atoms.